The Bertz CT molecular complexity index is 934. The third kappa shape index (κ3) is 4.32. The number of carbonyl (C=O) groups excluding carboxylic acids is 1. The van der Waals surface area contributed by atoms with Crippen LogP contribution >= 0.6 is 11.3 Å². The molecular weight excluding hydrogens is 386 g/mol. The fourth-order valence-electron chi connectivity index (χ4n) is 5.14. The fraction of sp³-hybridized carbons (Fsp3) is 0.478. The highest BCUT2D eigenvalue weighted by atomic mass is 32.1. The van der Waals surface area contributed by atoms with Crippen molar-refractivity contribution in [2.45, 2.75) is 51.0 Å². The van der Waals surface area contributed by atoms with Crippen LogP contribution in [0.3, 0.4) is 0 Å². The summed E-state index contributed by atoms with van der Waals surface area (Å²) in [5, 5.41) is 24.5. The van der Waals surface area contributed by atoms with Crippen LogP contribution in [0.4, 0.5) is 0 Å². The molecule has 2 aromatic rings. The topological polar surface area (TPSA) is 86.6 Å². The van der Waals surface area contributed by atoms with Crippen molar-refractivity contribution < 1.29 is 19.8 Å². The van der Waals surface area contributed by atoms with E-state index in [9.17, 15) is 14.7 Å². The molecule has 2 aliphatic carbocycles. The molecule has 1 aromatic carbocycles. The van der Waals surface area contributed by atoms with Gasteiger partial charge in [0, 0.05) is 27.9 Å². The fourth-order valence-corrected chi connectivity index (χ4v) is 6.06. The van der Waals surface area contributed by atoms with Gasteiger partial charge in [-0.15, -0.1) is 11.3 Å². The number of phenolic OH excluding ortho intramolecular Hbond substituents is 1. The van der Waals surface area contributed by atoms with Gasteiger partial charge in [-0.3, -0.25) is 9.59 Å². The predicted molar refractivity (Wildman–Crippen MR) is 114 cm³/mol. The average Bonchev–Trinajstić information content (AvgIpc) is 3.39. The Morgan fingerprint density at radius 1 is 1.21 bits per heavy atom. The number of carboxylic acids is 1. The Labute approximate surface area is 174 Å². The first kappa shape index (κ1) is 20.0. The standard InChI is InChI=1S/C23H27NO4S/c25-16-9-10-20-18(12-16)19(13-29-20)23(28)24-22-15-8-7-14(11-15)17(22)5-3-1-2-4-6-21(26)27/h1,3,9-10,12-15,17,22,25H,2,4-8,11H2,(H,24,28)(H,26,27)/t14-,15+,17+,22+/m0/s1. The van der Waals surface area contributed by atoms with Crippen molar-refractivity contribution in [2.24, 2.45) is 17.8 Å². The third-order valence-corrected chi connectivity index (χ3v) is 7.49. The summed E-state index contributed by atoms with van der Waals surface area (Å²) >= 11 is 1.52. The molecule has 1 heterocycles. The van der Waals surface area contributed by atoms with E-state index in [1.807, 2.05) is 11.4 Å². The first-order valence-corrected chi connectivity index (χ1v) is 11.3. The van der Waals surface area contributed by atoms with Crippen molar-refractivity contribution in [3.63, 3.8) is 0 Å². The minimum Gasteiger partial charge on any atom is -0.508 e. The van der Waals surface area contributed by atoms with Gasteiger partial charge in [0.25, 0.3) is 5.91 Å². The summed E-state index contributed by atoms with van der Waals surface area (Å²) in [5.41, 5.74) is 0.645. The van der Waals surface area contributed by atoms with Gasteiger partial charge in [0.15, 0.2) is 0 Å². The lowest BCUT2D eigenvalue weighted by molar-refractivity contribution is -0.137. The zero-order valence-corrected chi connectivity index (χ0v) is 17.2. The highest BCUT2D eigenvalue weighted by Crippen LogP contribution is 2.50. The number of unbranched alkanes of at least 4 members (excludes halogenated alkanes) is 1. The zero-order chi connectivity index (χ0) is 20.4. The molecular formula is C23H27NO4S. The van der Waals surface area contributed by atoms with Crippen molar-refractivity contribution in [2.75, 3.05) is 0 Å². The van der Waals surface area contributed by atoms with Crippen LogP contribution in [0.5, 0.6) is 5.75 Å². The Hall–Kier alpha value is -2.34. The predicted octanol–water partition coefficient (Wildman–Crippen LogP) is 4.95. The molecule has 5 nitrogen and oxygen atoms in total. The van der Waals surface area contributed by atoms with E-state index in [0.717, 1.165) is 22.9 Å². The number of carbonyl (C=O) groups is 2. The lowest BCUT2D eigenvalue weighted by Crippen LogP contribution is -2.43. The molecule has 2 saturated carbocycles. The molecule has 0 radical (unpaired) electrons. The quantitative estimate of drug-likeness (QED) is 0.422. The van der Waals surface area contributed by atoms with Crippen LogP contribution in [-0.2, 0) is 4.79 Å². The number of phenols is 1. The van der Waals surface area contributed by atoms with Crippen molar-refractivity contribution in [3.8, 4) is 5.75 Å². The maximum absolute atomic E-state index is 13.0. The van der Waals surface area contributed by atoms with Crippen LogP contribution in [0.15, 0.2) is 35.7 Å². The van der Waals surface area contributed by atoms with Crippen LogP contribution in [0.1, 0.15) is 55.3 Å². The zero-order valence-electron chi connectivity index (χ0n) is 16.3. The largest absolute Gasteiger partial charge is 0.508 e. The number of allylic oxidation sites excluding steroid dienone is 2. The summed E-state index contributed by atoms with van der Waals surface area (Å²) in [6, 6.07) is 5.35. The Balaban J connectivity index is 1.41. The van der Waals surface area contributed by atoms with Gasteiger partial charge in [-0.05, 0) is 74.5 Å². The van der Waals surface area contributed by atoms with Crippen molar-refractivity contribution >= 4 is 33.3 Å². The van der Waals surface area contributed by atoms with Crippen LogP contribution in [0, 0.1) is 17.8 Å². The first-order valence-electron chi connectivity index (χ1n) is 10.4. The number of hydrogen-bond donors (Lipinski definition) is 3. The summed E-state index contributed by atoms with van der Waals surface area (Å²) < 4.78 is 1.00. The molecule has 4 rings (SSSR count). The normalized spacial score (nSPS) is 25.8. The smallest absolute Gasteiger partial charge is 0.303 e. The van der Waals surface area contributed by atoms with Crippen molar-refractivity contribution in [1.82, 2.24) is 5.32 Å². The molecule has 0 spiro atoms. The number of rotatable bonds is 8. The van der Waals surface area contributed by atoms with Gasteiger partial charge in [0.2, 0.25) is 0 Å². The van der Waals surface area contributed by atoms with Crippen LogP contribution in [-0.4, -0.2) is 28.1 Å². The molecule has 6 heteroatoms. The van der Waals surface area contributed by atoms with E-state index in [1.165, 1.54) is 30.6 Å². The van der Waals surface area contributed by atoms with Gasteiger partial charge < -0.3 is 15.5 Å². The second-order valence-electron chi connectivity index (χ2n) is 8.32. The minimum atomic E-state index is -0.747. The van der Waals surface area contributed by atoms with E-state index >= 15 is 0 Å². The lowest BCUT2D eigenvalue weighted by atomic mass is 9.82. The van der Waals surface area contributed by atoms with E-state index in [2.05, 4.69) is 17.5 Å². The molecule has 0 saturated heterocycles. The third-order valence-electron chi connectivity index (χ3n) is 6.52. The monoisotopic (exact) mass is 413 g/mol. The first-order chi connectivity index (χ1) is 14.0. The lowest BCUT2D eigenvalue weighted by Gasteiger charge is -2.31. The highest BCUT2D eigenvalue weighted by Gasteiger charge is 2.47. The number of thiophene rings is 1. The van der Waals surface area contributed by atoms with Gasteiger partial charge in [-0.25, -0.2) is 0 Å². The second-order valence-corrected chi connectivity index (χ2v) is 9.23. The van der Waals surface area contributed by atoms with Crippen LogP contribution in [0.2, 0.25) is 0 Å². The van der Waals surface area contributed by atoms with Crippen LogP contribution in [0.25, 0.3) is 10.1 Å². The van der Waals surface area contributed by atoms with E-state index in [1.54, 1.807) is 12.1 Å². The molecule has 2 bridgehead atoms. The number of hydrogen-bond acceptors (Lipinski definition) is 4. The summed E-state index contributed by atoms with van der Waals surface area (Å²) in [6.45, 7) is 0. The highest BCUT2D eigenvalue weighted by molar-refractivity contribution is 7.17. The SMILES string of the molecule is O=C(O)CCCC=CC[C@@H]1[C@H]2CC[C@H](C2)[C@H]1NC(=O)c1csc2ccc(O)cc12. The van der Waals surface area contributed by atoms with Crippen molar-refractivity contribution in [1.29, 1.82) is 0 Å². The number of aromatic hydroxyl groups is 1. The van der Waals surface area contributed by atoms with Gasteiger partial charge >= 0.3 is 5.97 Å². The van der Waals surface area contributed by atoms with E-state index in [0.29, 0.717) is 29.7 Å². The molecule has 0 aliphatic heterocycles. The van der Waals surface area contributed by atoms with Gasteiger partial charge in [-0.1, -0.05) is 12.2 Å². The van der Waals surface area contributed by atoms with Gasteiger partial charge in [0.05, 0.1) is 5.56 Å². The summed E-state index contributed by atoms with van der Waals surface area (Å²) in [6.07, 6.45) is 10.5. The molecule has 1 aromatic heterocycles. The molecule has 4 atom stereocenters. The summed E-state index contributed by atoms with van der Waals surface area (Å²) in [4.78, 5) is 23.6. The number of benzene rings is 1. The summed E-state index contributed by atoms with van der Waals surface area (Å²) in [5.74, 6) is 1.05. The maximum Gasteiger partial charge on any atom is 0.303 e. The molecule has 0 unspecified atom stereocenters. The summed E-state index contributed by atoms with van der Waals surface area (Å²) in [7, 11) is 0. The molecule has 154 valence electrons. The minimum absolute atomic E-state index is 0.0464. The van der Waals surface area contributed by atoms with Gasteiger partial charge in [0.1, 0.15) is 5.75 Å². The maximum atomic E-state index is 13.0. The van der Waals surface area contributed by atoms with Crippen LogP contribution < -0.4 is 5.32 Å². The number of fused-ring (bicyclic) bond motifs is 3. The number of amides is 1. The van der Waals surface area contributed by atoms with E-state index in [4.69, 9.17) is 5.11 Å². The van der Waals surface area contributed by atoms with Crippen molar-refractivity contribution in [3.05, 3.63) is 41.3 Å². The molecule has 3 N–H and O–H groups in total. The number of carboxylic acid groups (broad SMARTS) is 1. The Morgan fingerprint density at radius 3 is 2.86 bits per heavy atom. The second kappa shape index (κ2) is 8.57. The van der Waals surface area contributed by atoms with E-state index in [-0.39, 0.29) is 24.1 Å². The number of aliphatic carboxylic acids is 1. The molecule has 29 heavy (non-hydrogen) atoms. The molecule has 2 fully saturated rings. The van der Waals surface area contributed by atoms with E-state index < -0.39 is 5.97 Å². The van der Waals surface area contributed by atoms with Gasteiger partial charge in [-0.2, -0.15) is 0 Å². The molecule has 2 aliphatic rings. The number of nitrogens with one attached hydrogen (secondary N) is 1. The molecule has 1 amide bonds. The average molecular weight is 414 g/mol. The Kier molecular flexibility index (Phi) is 5.90. The Morgan fingerprint density at radius 2 is 2.03 bits per heavy atom.